The summed E-state index contributed by atoms with van der Waals surface area (Å²) in [4.78, 5) is 8.13. The lowest BCUT2D eigenvalue weighted by Crippen LogP contribution is -2.11. The predicted octanol–water partition coefficient (Wildman–Crippen LogP) is 0.383. The van der Waals surface area contributed by atoms with Crippen LogP contribution in [0, 0.1) is 0 Å². The molecule has 2 rings (SSSR count). The zero-order valence-electron chi connectivity index (χ0n) is 9.03. The van der Waals surface area contributed by atoms with Crippen molar-refractivity contribution >= 4 is 22.8 Å². The molecule has 0 unspecified atom stereocenters. The number of anilines is 2. The standard InChI is InChI=1S/C9H14N6O/c1-2-16-4-3-11-7-6-5-12-15-8(6)14-9(10)13-7/h5H,2-4H2,1H3,(H4,10,11,12,13,14,15). The lowest BCUT2D eigenvalue weighted by atomic mass is 10.4. The number of nitrogen functional groups attached to an aromatic ring is 1. The van der Waals surface area contributed by atoms with Gasteiger partial charge in [0.25, 0.3) is 0 Å². The average molecular weight is 222 g/mol. The lowest BCUT2D eigenvalue weighted by molar-refractivity contribution is 0.158. The van der Waals surface area contributed by atoms with Crippen molar-refractivity contribution in [1.82, 2.24) is 20.2 Å². The molecule has 7 nitrogen and oxygen atoms in total. The normalized spacial score (nSPS) is 10.8. The highest BCUT2D eigenvalue weighted by molar-refractivity contribution is 5.86. The van der Waals surface area contributed by atoms with Crippen LogP contribution < -0.4 is 11.1 Å². The van der Waals surface area contributed by atoms with Gasteiger partial charge in [-0.25, -0.2) is 0 Å². The third kappa shape index (κ3) is 2.19. The van der Waals surface area contributed by atoms with E-state index in [-0.39, 0.29) is 5.95 Å². The second-order valence-electron chi connectivity index (χ2n) is 3.19. The molecule has 0 spiro atoms. The van der Waals surface area contributed by atoms with Gasteiger partial charge in [0.2, 0.25) is 5.95 Å². The first-order chi connectivity index (χ1) is 7.81. The number of fused-ring (bicyclic) bond motifs is 1. The molecule has 0 bridgehead atoms. The highest BCUT2D eigenvalue weighted by Gasteiger charge is 2.06. The summed E-state index contributed by atoms with van der Waals surface area (Å²) in [7, 11) is 0. The Kier molecular flexibility index (Phi) is 3.16. The molecule has 86 valence electrons. The van der Waals surface area contributed by atoms with Crippen LogP contribution in [0.15, 0.2) is 6.20 Å². The Morgan fingerprint density at radius 3 is 3.19 bits per heavy atom. The minimum absolute atomic E-state index is 0.218. The van der Waals surface area contributed by atoms with E-state index >= 15 is 0 Å². The van der Waals surface area contributed by atoms with Crippen LogP contribution in [-0.4, -0.2) is 39.9 Å². The van der Waals surface area contributed by atoms with Gasteiger partial charge in [-0.3, -0.25) is 5.10 Å². The van der Waals surface area contributed by atoms with E-state index in [1.165, 1.54) is 0 Å². The number of hydrogen-bond donors (Lipinski definition) is 3. The second kappa shape index (κ2) is 4.75. The van der Waals surface area contributed by atoms with Crippen LogP contribution in [0.1, 0.15) is 6.92 Å². The van der Waals surface area contributed by atoms with Crippen LogP contribution in [0.3, 0.4) is 0 Å². The van der Waals surface area contributed by atoms with Crippen molar-refractivity contribution in [2.45, 2.75) is 6.92 Å². The summed E-state index contributed by atoms with van der Waals surface area (Å²) < 4.78 is 5.22. The van der Waals surface area contributed by atoms with E-state index in [2.05, 4.69) is 25.5 Å². The molecule has 0 saturated carbocycles. The molecule has 7 heteroatoms. The molecule has 0 aliphatic rings. The zero-order chi connectivity index (χ0) is 11.4. The molecule has 4 N–H and O–H groups in total. The molecule has 0 aliphatic heterocycles. The predicted molar refractivity (Wildman–Crippen MR) is 61.1 cm³/mol. The minimum atomic E-state index is 0.218. The number of ether oxygens (including phenoxy) is 1. The van der Waals surface area contributed by atoms with Crippen LogP contribution in [0.5, 0.6) is 0 Å². The van der Waals surface area contributed by atoms with Crippen LogP contribution in [0.25, 0.3) is 11.0 Å². The summed E-state index contributed by atoms with van der Waals surface area (Å²) in [5.41, 5.74) is 6.20. The maximum atomic E-state index is 5.57. The highest BCUT2D eigenvalue weighted by Crippen LogP contribution is 2.18. The Morgan fingerprint density at radius 2 is 2.38 bits per heavy atom. The molecule has 0 amide bonds. The topological polar surface area (TPSA) is 102 Å². The first kappa shape index (κ1) is 10.6. The Bertz CT molecular complexity index is 468. The third-order valence-electron chi connectivity index (χ3n) is 2.07. The van der Waals surface area contributed by atoms with Crippen LogP contribution in [0.4, 0.5) is 11.8 Å². The Labute approximate surface area is 92.4 Å². The van der Waals surface area contributed by atoms with Crippen molar-refractivity contribution in [2.24, 2.45) is 0 Å². The molecule has 0 aromatic carbocycles. The van der Waals surface area contributed by atoms with E-state index in [0.29, 0.717) is 31.2 Å². The maximum Gasteiger partial charge on any atom is 0.224 e. The van der Waals surface area contributed by atoms with Crippen molar-refractivity contribution in [2.75, 3.05) is 30.8 Å². The summed E-state index contributed by atoms with van der Waals surface area (Å²) in [5, 5.41) is 10.6. The fourth-order valence-electron chi connectivity index (χ4n) is 1.37. The van der Waals surface area contributed by atoms with E-state index < -0.39 is 0 Å². The molecule has 0 atom stereocenters. The summed E-state index contributed by atoms with van der Waals surface area (Å²) in [6.45, 7) is 3.95. The largest absolute Gasteiger partial charge is 0.380 e. The molecule has 2 aromatic rings. The van der Waals surface area contributed by atoms with Gasteiger partial charge in [0, 0.05) is 13.2 Å². The molecule has 0 fully saturated rings. The van der Waals surface area contributed by atoms with Gasteiger partial charge in [-0.05, 0) is 6.92 Å². The minimum Gasteiger partial charge on any atom is -0.380 e. The number of aromatic amines is 1. The van der Waals surface area contributed by atoms with Gasteiger partial charge in [-0.15, -0.1) is 0 Å². The van der Waals surface area contributed by atoms with Gasteiger partial charge >= 0.3 is 0 Å². The molecule has 2 heterocycles. The highest BCUT2D eigenvalue weighted by atomic mass is 16.5. The quantitative estimate of drug-likeness (QED) is 0.632. The second-order valence-corrected chi connectivity index (χ2v) is 3.19. The van der Waals surface area contributed by atoms with Crippen molar-refractivity contribution in [3.63, 3.8) is 0 Å². The Morgan fingerprint density at radius 1 is 1.50 bits per heavy atom. The zero-order valence-corrected chi connectivity index (χ0v) is 9.03. The maximum absolute atomic E-state index is 5.57. The van der Waals surface area contributed by atoms with Gasteiger partial charge in [-0.1, -0.05) is 0 Å². The van der Waals surface area contributed by atoms with Gasteiger partial charge in [0.05, 0.1) is 18.2 Å². The Hall–Kier alpha value is -1.89. The summed E-state index contributed by atoms with van der Waals surface area (Å²) >= 11 is 0. The van der Waals surface area contributed by atoms with Gasteiger partial charge in [0.15, 0.2) is 5.65 Å². The lowest BCUT2D eigenvalue weighted by Gasteiger charge is -2.06. The molecule has 0 saturated heterocycles. The molecular weight excluding hydrogens is 208 g/mol. The van der Waals surface area contributed by atoms with E-state index in [1.807, 2.05) is 6.92 Å². The van der Waals surface area contributed by atoms with E-state index in [0.717, 1.165) is 5.39 Å². The molecule has 2 aromatic heterocycles. The molecular formula is C9H14N6O. The third-order valence-corrected chi connectivity index (χ3v) is 2.07. The number of hydrogen-bond acceptors (Lipinski definition) is 6. The van der Waals surface area contributed by atoms with Crippen molar-refractivity contribution in [1.29, 1.82) is 0 Å². The van der Waals surface area contributed by atoms with Gasteiger partial charge in [-0.2, -0.15) is 15.1 Å². The van der Waals surface area contributed by atoms with Crippen molar-refractivity contribution < 1.29 is 4.74 Å². The van der Waals surface area contributed by atoms with Crippen LogP contribution >= 0.6 is 0 Å². The molecule has 16 heavy (non-hydrogen) atoms. The summed E-state index contributed by atoms with van der Waals surface area (Å²) in [6, 6.07) is 0. The molecule has 0 radical (unpaired) electrons. The number of H-pyrrole nitrogens is 1. The summed E-state index contributed by atoms with van der Waals surface area (Å²) in [5.74, 6) is 0.895. The van der Waals surface area contributed by atoms with Gasteiger partial charge in [0.1, 0.15) is 5.82 Å². The van der Waals surface area contributed by atoms with Crippen molar-refractivity contribution in [3.05, 3.63) is 6.20 Å². The SMILES string of the molecule is CCOCCNc1nc(N)nc2[nH]ncc12. The number of nitrogens with zero attached hydrogens (tertiary/aromatic N) is 3. The van der Waals surface area contributed by atoms with Crippen LogP contribution in [-0.2, 0) is 4.74 Å². The first-order valence-electron chi connectivity index (χ1n) is 5.09. The first-order valence-corrected chi connectivity index (χ1v) is 5.09. The monoisotopic (exact) mass is 222 g/mol. The fourth-order valence-corrected chi connectivity index (χ4v) is 1.37. The van der Waals surface area contributed by atoms with E-state index in [1.54, 1.807) is 6.20 Å². The average Bonchev–Trinajstić information content (AvgIpc) is 2.72. The van der Waals surface area contributed by atoms with Crippen LogP contribution in [0.2, 0.25) is 0 Å². The van der Waals surface area contributed by atoms with E-state index in [9.17, 15) is 0 Å². The molecule has 0 aliphatic carbocycles. The smallest absolute Gasteiger partial charge is 0.224 e. The number of aromatic nitrogens is 4. The Balaban J connectivity index is 2.12. The van der Waals surface area contributed by atoms with Crippen molar-refractivity contribution in [3.8, 4) is 0 Å². The number of rotatable bonds is 5. The number of nitrogens with one attached hydrogen (secondary N) is 2. The van der Waals surface area contributed by atoms with Gasteiger partial charge < -0.3 is 15.8 Å². The van der Waals surface area contributed by atoms with E-state index in [4.69, 9.17) is 10.5 Å². The fraction of sp³-hybridized carbons (Fsp3) is 0.444. The summed E-state index contributed by atoms with van der Waals surface area (Å²) in [6.07, 6.45) is 1.66. The number of nitrogens with two attached hydrogens (primary N) is 1.